The molecule has 1 aliphatic heterocycles. The van der Waals surface area contributed by atoms with Gasteiger partial charge in [-0.05, 0) is 85.9 Å². The molecule has 1 heterocycles. The van der Waals surface area contributed by atoms with Crippen LogP contribution in [-0.4, -0.2) is 36.5 Å². The predicted molar refractivity (Wildman–Crippen MR) is 116 cm³/mol. The van der Waals surface area contributed by atoms with E-state index in [0.29, 0.717) is 35.4 Å². The molecule has 0 radical (unpaired) electrons. The molecule has 30 heavy (non-hydrogen) atoms. The zero-order valence-electron chi connectivity index (χ0n) is 19.4. The fourth-order valence-electron chi connectivity index (χ4n) is 9.41. The predicted octanol–water partition coefficient (Wildman–Crippen LogP) is 4.83. The van der Waals surface area contributed by atoms with Crippen LogP contribution in [0.2, 0.25) is 0 Å². The van der Waals surface area contributed by atoms with Crippen LogP contribution in [0.25, 0.3) is 0 Å². The van der Waals surface area contributed by atoms with E-state index in [4.69, 9.17) is 9.47 Å². The van der Waals surface area contributed by atoms with Crippen molar-refractivity contribution in [1.82, 2.24) is 0 Å². The van der Waals surface area contributed by atoms with E-state index in [9.17, 15) is 9.90 Å². The Labute approximate surface area is 182 Å². The lowest BCUT2D eigenvalue weighted by atomic mass is 9.42. The van der Waals surface area contributed by atoms with Gasteiger partial charge in [-0.3, -0.25) is 4.79 Å². The van der Waals surface area contributed by atoms with Crippen LogP contribution >= 0.6 is 0 Å². The van der Waals surface area contributed by atoms with Crippen molar-refractivity contribution in [2.75, 3.05) is 13.2 Å². The van der Waals surface area contributed by atoms with Crippen molar-refractivity contribution in [3.63, 3.8) is 0 Å². The smallest absolute Gasteiger partial charge is 0.160 e. The summed E-state index contributed by atoms with van der Waals surface area (Å²) in [6.07, 6.45) is 8.31. The molecule has 0 bridgehead atoms. The quantitative estimate of drug-likeness (QED) is 0.713. The van der Waals surface area contributed by atoms with Gasteiger partial charge < -0.3 is 14.6 Å². The molecule has 4 aliphatic carbocycles. The van der Waals surface area contributed by atoms with Crippen LogP contribution in [0.4, 0.5) is 0 Å². The number of ketones is 1. The molecule has 1 N–H and O–H groups in total. The number of rotatable bonds is 3. The van der Waals surface area contributed by atoms with Crippen molar-refractivity contribution in [2.45, 2.75) is 91.5 Å². The molecule has 170 valence electrons. The molecule has 0 spiro atoms. The van der Waals surface area contributed by atoms with Gasteiger partial charge >= 0.3 is 0 Å². The molecule has 0 aromatic carbocycles. The second kappa shape index (κ2) is 7.56. The summed E-state index contributed by atoms with van der Waals surface area (Å²) in [6, 6.07) is 0. The summed E-state index contributed by atoms with van der Waals surface area (Å²) < 4.78 is 11.8. The molecule has 1 saturated heterocycles. The van der Waals surface area contributed by atoms with Gasteiger partial charge in [0.25, 0.3) is 0 Å². The molecule has 0 amide bonds. The van der Waals surface area contributed by atoms with Crippen molar-refractivity contribution in [3.05, 3.63) is 0 Å². The summed E-state index contributed by atoms with van der Waals surface area (Å²) in [5, 5.41) is 10.4. The highest BCUT2D eigenvalue weighted by molar-refractivity contribution is 5.86. The molecular weight excluding hydrogens is 376 g/mol. The Balaban J connectivity index is 1.46. The average molecular weight is 419 g/mol. The highest BCUT2D eigenvalue weighted by atomic mass is 16.7. The van der Waals surface area contributed by atoms with E-state index in [0.717, 1.165) is 38.9 Å². The number of Topliss-reactive ketones (excluding diaryl/α,β-unsaturated/α-hetero) is 1. The van der Waals surface area contributed by atoms with Gasteiger partial charge in [-0.2, -0.15) is 0 Å². The Kier molecular flexibility index (Phi) is 5.39. The highest BCUT2D eigenvalue weighted by Gasteiger charge is 2.65. The van der Waals surface area contributed by atoms with Gasteiger partial charge in [0, 0.05) is 17.8 Å². The number of fused-ring (bicyclic) bond motifs is 5. The second-order valence-electron chi connectivity index (χ2n) is 11.9. The first-order valence-corrected chi connectivity index (χ1v) is 12.8. The highest BCUT2D eigenvalue weighted by Crippen LogP contribution is 2.68. The number of carbonyl (C=O) groups excluding carboxylic acids is 1. The van der Waals surface area contributed by atoms with Gasteiger partial charge in [0.05, 0.1) is 19.3 Å². The molecule has 5 aliphatic rings. The molecule has 0 aromatic heterocycles. The average Bonchev–Trinajstić information content (AvgIpc) is 3.37. The fraction of sp³-hybridized carbons (Fsp3) is 0.962. The van der Waals surface area contributed by atoms with Gasteiger partial charge in [0.2, 0.25) is 0 Å². The number of carbonyl (C=O) groups is 1. The van der Waals surface area contributed by atoms with E-state index >= 15 is 0 Å². The third-order valence-corrected chi connectivity index (χ3v) is 10.9. The standard InChI is InChI=1S/C26H42O4/c1-5-17-21-14-16(27)8-10-26(21,4)20-9-11-25(3)18(15(2)24-29-12-13-30-24)6-7-19(25)22(20)23(17)28/h15-22,24,27H,5-14H2,1-4H3/t15-,16+,17+,18?,19?,20?,21?,22?,25+,26+/m0/s1. The summed E-state index contributed by atoms with van der Waals surface area (Å²) in [4.78, 5) is 14.0. The summed E-state index contributed by atoms with van der Waals surface area (Å²) in [5.74, 6) is 3.30. The largest absolute Gasteiger partial charge is 0.393 e. The van der Waals surface area contributed by atoms with Crippen LogP contribution in [0.15, 0.2) is 0 Å². The first-order chi connectivity index (χ1) is 14.3. The van der Waals surface area contributed by atoms with Gasteiger partial charge in [-0.15, -0.1) is 0 Å². The minimum atomic E-state index is -0.210. The lowest BCUT2D eigenvalue weighted by Crippen LogP contribution is -2.60. The first-order valence-electron chi connectivity index (χ1n) is 12.8. The Morgan fingerprint density at radius 3 is 2.37 bits per heavy atom. The van der Waals surface area contributed by atoms with Crippen LogP contribution in [0.3, 0.4) is 0 Å². The topological polar surface area (TPSA) is 55.8 Å². The minimum Gasteiger partial charge on any atom is -0.393 e. The molecule has 5 rings (SSSR count). The monoisotopic (exact) mass is 418 g/mol. The molecule has 4 saturated carbocycles. The maximum atomic E-state index is 14.0. The maximum absolute atomic E-state index is 14.0. The summed E-state index contributed by atoms with van der Waals surface area (Å²) >= 11 is 0. The van der Waals surface area contributed by atoms with Crippen LogP contribution in [0.1, 0.15) is 79.1 Å². The number of ether oxygens (including phenoxy) is 2. The van der Waals surface area contributed by atoms with E-state index in [1.807, 2.05) is 0 Å². The third-order valence-electron chi connectivity index (χ3n) is 10.9. The third kappa shape index (κ3) is 2.92. The van der Waals surface area contributed by atoms with E-state index in [2.05, 4.69) is 27.7 Å². The lowest BCUT2D eigenvalue weighted by Gasteiger charge is -2.62. The van der Waals surface area contributed by atoms with E-state index < -0.39 is 0 Å². The van der Waals surface area contributed by atoms with Gasteiger partial charge in [0.15, 0.2) is 6.29 Å². The van der Waals surface area contributed by atoms with Gasteiger partial charge in [-0.25, -0.2) is 0 Å². The van der Waals surface area contributed by atoms with E-state index in [1.165, 1.54) is 25.7 Å². The second-order valence-corrected chi connectivity index (χ2v) is 11.9. The van der Waals surface area contributed by atoms with Crippen LogP contribution < -0.4 is 0 Å². The Bertz CT molecular complexity index is 672. The Hall–Kier alpha value is -0.450. The first kappa shape index (κ1) is 21.4. The molecule has 4 nitrogen and oxygen atoms in total. The molecule has 10 atom stereocenters. The molecule has 0 aromatic rings. The fourth-order valence-corrected chi connectivity index (χ4v) is 9.41. The Morgan fingerprint density at radius 2 is 1.67 bits per heavy atom. The molecule has 5 fully saturated rings. The van der Waals surface area contributed by atoms with Crippen molar-refractivity contribution in [3.8, 4) is 0 Å². The Morgan fingerprint density at radius 1 is 1.00 bits per heavy atom. The van der Waals surface area contributed by atoms with Crippen LogP contribution in [0.5, 0.6) is 0 Å². The molecular formula is C26H42O4. The summed E-state index contributed by atoms with van der Waals surface area (Å²) in [7, 11) is 0. The number of hydrogen-bond donors (Lipinski definition) is 1. The van der Waals surface area contributed by atoms with Crippen LogP contribution in [-0.2, 0) is 14.3 Å². The zero-order chi connectivity index (χ0) is 21.3. The van der Waals surface area contributed by atoms with Crippen molar-refractivity contribution in [1.29, 1.82) is 0 Å². The molecule has 4 heteroatoms. The van der Waals surface area contributed by atoms with Gasteiger partial charge in [0.1, 0.15) is 5.78 Å². The van der Waals surface area contributed by atoms with Crippen molar-refractivity contribution in [2.24, 2.45) is 52.3 Å². The van der Waals surface area contributed by atoms with E-state index in [-0.39, 0.29) is 35.1 Å². The lowest BCUT2D eigenvalue weighted by molar-refractivity contribution is -0.176. The van der Waals surface area contributed by atoms with Gasteiger partial charge in [-0.1, -0.05) is 27.7 Å². The normalized spacial score (nSPS) is 52.6. The maximum Gasteiger partial charge on any atom is 0.160 e. The summed E-state index contributed by atoms with van der Waals surface area (Å²) in [6.45, 7) is 10.9. The van der Waals surface area contributed by atoms with Crippen molar-refractivity contribution < 1.29 is 19.4 Å². The molecule has 5 unspecified atom stereocenters. The number of aliphatic hydroxyl groups is 1. The zero-order valence-corrected chi connectivity index (χ0v) is 19.4. The van der Waals surface area contributed by atoms with Crippen LogP contribution in [0, 0.1) is 52.3 Å². The minimum absolute atomic E-state index is 0.0597. The van der Waals surface area contributed by atoms with E-state index in [1.54, 1.807) is 0 Å². The summed E-state index contributed by atoms with van der Waals surface area (Å²) in [5.41, 5.74) is 0.447. The number of aliphatic hydroxyl groups excluding tert-OH is 1. The number of hydrogen-bond acceptors (Lipinski definition) is 4. The van der Waals surface area contributed by atoms with Crippen molar-refractivity contribution >= 4 is 5.78 Å². The SMILES string of the molecule is CC[C@H]1C(=O)C2C3CCC([C@H](C)C4OCCO4)[C@@]3(C)CCC2[C@@]2(C)CC[C@@H](O)CC12.